The predicted molar refractivity (Wildman–Crippen MR) is 60.4 cm³/mol. The molecule has 14 heavy (non-hydrogen) atoms. The lowest BCUT2D eigenvalue weighted by Crippen LogP contribution is -2.20. The minimum atomic E-state index is 0.660. The van der Waals surface area contributed by atoms with Crippen molar-refractivity contribution in [3.63, 3.8) is 0 Å². The Labute approximate surface area is 85.1 Å². The van der Waals surface area contributed by atoms with Crippen LogP contribution in [-0.4, -0.2) is 18.8 Å². The number of rotatable bonds is 2. The Morgan fingerprint density at radius 1 is 1.21 bits per heavy atom. The standard InChI is InChI=1S/C12H16N2/c1-10(13)11-6-2-3-7-12(11)14-8-4-5-9-14/h2-3,6-7,13H,4-5,8-9H2,1H3. The van der Waals surface area contributed by atoms with Crippen LogP contribution in [0.1, 0.15) is 25.3 Å². The number of nitrogens with zero attached hydrogens (tertiary/aromatic N) is 1. The molecule has 1 heterocycles. The second-order valence-electron chi connectivity index (χ2n) is 3.84. The van der Waals surface area contributed by atoms with Gasteiger partial charge >= 0.3 is 0 Å². The van der Waals surface area contributed by atoms with Gasteiger partial charge in [-0.05, 0) is 25.8 Å². The fraction of sp³-hybridized carbons (Fsp3) is 0.417. The van der Waals surface area contributed by atoms with Gasteiger partial charge in [0.05, 0.1) is 0 Å². The highest BCUT2D eigenvalue weighted by molar-refractivity contribution is 6.01. The van der Waals surface area contributed by atoms with Crippen LogP contribution >= 0.6 is 0 Å². The van der Waals surface area contributed by atoms with Gasteiger partial charge in [-0.3, -0.25) is 0 Å². The molecule has 0 atom stereocenters. The van der Waals surface area contributed by atoms with E-state index < -0.39 is 0 Å². The third-order valence-corrected chi connectivity index (χ3v) is 2.75. The fourth-order valence-corrected chi connectivity index (χ4v) is 2.02. The first-order valence-electron chi connectivity index (χ1n) is 5.18. The lowest BCUT2D eigenvalue weighted by atomic mass is 10.1. The van der Waals surface area contributed by atoms with Crippen molar-refractivity contribution in [3.05, 3.63) is 29.8 Å². The van der Waals surface area contributed by atoms with Gasteiger partial charge in [-0.2, -0.15) is 0 Å². The average Bonchev–Trinajstić information content (AvgIpc) is 2.70. The second-order valence-corrected chi connectivity index (χ2v) is 3.84. The minimum Gasteiger partial charge on any atom is -0.371 e. The molecule has 0 unspecified atom stereocenters. The number of hydrogen-bond donors (Lipinski definition) is 1. The normalized spacial score (nSPS) is 15.9. The zero-order valence-electron chi connectivity index (χ0n) is 8.59. The third-order valence-electron chi connectivity index (χ3n) is 2.75. The molecule has 1 N–H and O–H groups in total. The lowest BCUT2D eigenvalue weighted by molar-refractivity contribution is 0.949. The Hall–Kier alpha value is -1.31. The van der Waals surface area contributed by atoms with E-state index in [0.29, 0.717) is 5.71 Å². The lowest BCUT2D eigenvalue weighted by Gasteiger charge is -2.20. The minimum absolute atomic E-state index is 0.660. The van der Waals surface area contributed by atoms with Gasteiger partial charge in [-0.25, -0.2) is 0 Å². The summed E-state index contributed by atoms with van der Waals surface area (Å²) in [6.45, 7) is 4.14. The summed E-state index contributed by atoms with van der Waals surface area (Å²) in [5.74, 6) is 0. The van der Waals surface area contributed by atoms with Gasteiger partial charge in [0.15, 0.2) is 0 Å². The maximum absolute atomic E-state index is 7.71. The molecule has 74 valence electrons. The number of benzene rings is 1. The van der Waals surface area contributed by atoms with Gasteiger partial charge in [0.25, 0.3) is 0 Å². The topological polar surface area (TPSA) is 27.1 Å². The van der Waals surface area contributed by atoms with Crippen LogP contribution in [0.2, 0.25) is 0 Å². The van der Waals surface area contributed by atoms with E-state index in [1.165, 1.54) is 18.5 Å². The Morgan fingerprint density at radius 2 is 1.86 bits per heavy atom. The molecule has 2 heteroatoms. The molecule has 1 aromatic rings. The molecule has 1 aliphatic rings. The van der Waals surface area contributed by atoms with E-state index in [0.717, 1.165) is 18.7 Å². The van der Waals surface area contributed by atoms with Crippen LogP contribution in [0.3, 0.4) is 0 Å². The van der Waals surface area contributed by atoms with Crippen molar-refractivity contribution in [2.75, 3.05) is 18.0 Å². The summed E-state index contributed by atoms with van der Waals surface area (Å²) in [5, 5.41) is 7.71. The van der Waals surface area contributed by atoms with Crippen LogP contribution in [0.25, 0.3) is 0 Å². The molecule has 0 bridgehead atoms. The van der Waals surface area contributed by atoms with E-state index in [2.05, 4.69) is 17.0 Å². The molecule has 1 aromatic carbocycles. The molecule has 0 amide bonds. The number of nitrogens with one attached hydrogen (secondary N) is 1. The molecule has 2 nitrogen and oxygen atoms in total. The van der Waals surface area contributed by atoms with Gasteiger partial charge in [0, 0.05) is 30.1 Å². The van der Waals surface area contributed by atoms with Crippen molar-refractivity contribution in [2.45, 2.75) is 19.8 Å². The summed E-state index contributed by atoms with van der Waals surface area (Å²) < 4.78 is 0. The smallest absolute Gasteiger partial charge is 0.0457 e. The molecule has 0 aliphatic carbocycles. The number of hydrogen-bond acceptors (Lipinski definition) is 2. The summed E-state index contributed by atoms with van der Waals surface area (Å²) in [6.07, 6.45) is 2.57. The van der Waals surface area contributed by atoms with Crippen LogP contribution in [0.4, 0.5) is 5.69 Å². The highest BCUT2D eigenvalue weighted by Crippen LogP contribution is 2.24. The van der Waals surface area contributed by atoms with E-state index in [1.54, 1.807) is 0 Å². The van der Waals surface area contributed by atoms with Gasteiger partial charge in [0.1, 0.15) is 0 Å². The summed E-state index contributed by atoms with van der Waals surface area (Å²) in [6, 6.07) is 8.22. The van der Waals surface area contributed by atoms with Crippen molar-refractivity contribution < 1.29 is 0 Å². The fourth-order valence-electron chi connectivity index (χ4n) is 2.02. The van der Waals surface area contributed by atoms with E-state index in [1.807, 2.05) is 19.1 Å². The molecule has 1 aliphatic heterocycles. The molecule has 0 aromatic heterocycles. The molecular formula is C12H16N2. The van der Waals surface area contributed by atoms with Crippen molar-refractivity contribution in [3.8, 4) is 0 Å². The van der Waals surface area contributed by atoms with Gasteiger partial charge < -0.3 is 10.3 Å². The zero-order valence-corrected chi connectivity index (χ0v) is 8.59. The van der Waals surface area contributed by atoms with E-state index >= 15 is 0 Å². The number of anilines is 1. The Bertz CT molecular complexity index is 338. The molecule has 1 fully saturated rings. The molecule has 0 radical (unpaired) electrons. The van der Waals surface area contributed by atoms with Gasteiger partial charge in [-0.15, -0.1) is 0 Å². The van der Waals surface area contributed by atoms with Gasteiger partial charge in [0.2, 0.25) is 0 Å². The van der Waals surface area contributed by atoms with Crippen molar-refractivity contribution >= 4 is 11.4 Å². The average molecular weight is 188 g/mol. The molecule has 0 saturated carbocycles. The Kier molecular flexibility index (Phi) is 2.53. The molecule has 2 rings (SSSR count). The number of para-hydroxylation sites is 1. The van der Waals surface area contributed by atoms with Crippen LogP contribution in [0.5, 0.6) is 0 Å². The third kappa shape index (κ3) is 1.65. The predicted octanol–water partition coefficient (Wildman–Crippen LogP) is 2.67. The van der Waals surface area contributed by atoms with E-state index in [4.69, 9.17) is 5.41 Å². The quantitative estimate of drug-likeness (QED) is 0.710. The Morgan fingerprint density at radius 3 is 2.50 bits per heavy atom. The zero-order chi connectivity index (χ0) is 9.97. The first kappa shape index (κ1) is 9.25. The highest BCUT2D eigenvalue weighted by atomic mass is 15.1. The molecule has 0 spiro atoms. The first-order valence-corrected chi connectivity index (χ1v) is 5.18. The SMILES string of the molecule is CC(=N)c1ccccc1N1CCCC1. The van der Waals surface area contributed by atoms with Crippen LogP contribution in [0.15, 0.2) is 24.3 Å². The van der Waals surface area contributed by atoms with Crippen molar-refractivity contribution in [1.82, 2.24) is 0 Å². The maximum Gasteiger partial charge on any atom is 0.0457 e. The first-order chi connectivity index (χ1) is 6.79. The maximum atomic E-state index is 7.71. The van der Waals surface area contributed by atoms with Crippen LogP contribution in [-0.2, 0) is 0 Å². The molecule has 1 saturated heterocycles. The summed E-state index contributed by atoms with van der Waals surface area (Å²) in [5.41, 5.74) is 2.97. The Balaban J connectivity index is 2.35. The van der Waals surface area contributed by atoms with Crippen molar-refractivity contribution in [2.24, 2.45) is 0 Å². The van der Waals surface area contributed by atoms with Crippen LogP contribution < -0.4 is 4.90 Å². The molecular weight excluding hydrogens is 172 g/mol. The second kappa shape index (κ2) is 3.82. The van der Waals surface area contributed by atoms with Gasteiger partial charge in [-0.1, -0.05) is 18.2 Å². The van der Waals surface area contributed by atoms with Crippen LogP contribution in [0, 0.1) is 5.41 Å². The monoisotopic (exact) mass is 188 g/mol. The van der Waals surface area contributed by atoms with E-state index in [-0.39, 0.29) is 0 Å². The van der Waals surface area contributed by atoms with E-state index in [9.17, 15) is 0 Å². The largest absolute Gasteiger partial charge is 0.371 e. The summed E-state index contributed by atoms with van der Waals surface area (Å²) in [7, 11) is 0. The highest BCUT2D eigenvalue weighted by Gasteiger charge is 2.15. The van der Waals surface area contributed by atoms with Crippen molar-refractivity contribution in [1.29, 1.82) is 5.41 Å². The summed E-state index contributed by atoms with van der Waals surface area (Å²) in [4.78, 5) is 2.38. The summed E-state index contributed by atoms with van der Waals surface area (Å²) >= 11 is 0.